The molecule has 9 heteroatoms. The summed E-state index contributed by atoms with van der Waals surface area (Å²) in [5.41, 5.74) is 1.36. The molecule has 1 aliphatic carbocycles. The van der Waals surface area contributed by atoms with Crippen LogP contribution in [0.15, 0.2) is 6.33 Å². The Morgan fingerprint density at radius 3 is 2.70 bits per heavy atom. The Balaban J connectivity index is 1.40. The quantitative estimate of drug-likeness (QED) is 0.855. The minimum Gasteiger partial charge on any atom is -0.369 e. The molecule has 1 fully saturated rings. The molecule has 0 bridgehead atoms. The smallest absolute Gasteiger partial charge is 0.369 e. The van der Waals surface area contributed by atoms with E-state index >= 15 is 0 Å². The highest BCUT2D eigenvalue weighted by Gasteiger charge is 2.43. The number of thiophene rings is 1. The second-order valence-corrected chi connectivity index (χ2v) is 8.31. The zero-order chi connectivity index (χ0) is 19.0. The SMILES string of the molecule is O=C(N1CCC(CNc2ncnc3sc4c(c23)CCCC4)CC1)C(F)(F)F. The van der Waals surface area contributed by atoms with Gasteiger partial charge in [-0.2, -0.15) is 13.2 Å². The molecule has 0 radical (unpaired) electrons. The number of rotatable bonds is 3. The number of alkyl halides is 3. The maximum Gasteiger partial charge on any atom is 0.471 e. The van der Waals surface area contributed by atoms with Crippen molar-refractivity contribution in [3.8, 4) is 0 Å². The highest BCUT2D eigenvalue weighted by Crippen LogP contribution is 2.38. The van der Waals surface area contributed by atoms with Crippen LogP contribution in [0.1, 0.15) is 36.1 Å². The Hall–Kier alpha value is -1.90. The van der Waals surface area contributed by atoms with Crippen LogP contribution in [0.25, 0.3) is 10.2 Å². The average Bonchev–Trinajstić information content (AvgIpc) is 3.04. The predicted molar refractivity (Wildman–Crippen MR) is 97.9 cm³/mol. The maximum absolute atomic E-state index is 12.5. The van der Waals surface area contributed by atoms with E-state index < -0.39 is 12.1 Å². The Labute approximate surface area is 159 Å². The van der Waals surface area contributed by atoms with Crippen molar-refractivity contribution in [3.05, 3.63) is 16.8 Å². The van der Waals surface area contributed by atoms with Gasteiger partial charge in [-0.05, 0) is 50.0 Å². The van der Waals surface area contributed by atoms with Crippen molar-refractivity contribution >= 4 is 33.3 Å². The first-order valence-electron chi connectivity index (χ1n) is 9.28. The molecule has 2 aromatic heterocycles. The van der Waals surface area contributed by atoms with Crippen molar-refractivity contribution < 1.29 is 18.0 Å². The summed E-state index contributed by atoms with van der Waals surface area (Å²) in [4.78, 5) is 23.5. The first-order chi connectivity index (χ1) is 12.9. The summed E-state index contributed by atoms with van der Waals surface area (Å²) >= 11 is 1.74. The fourth-order valence-electron chi connectivity index (χ4n) is 3.98. The summed E-state index contributed by atoms with van der Waals surface area (Å²) in [5.74, 6) is -0.675. The lowest BCUT2D eigenvalue weighted by atomic mass is 9.96. The third kappa shape index (κ3) is 3.74. The minimum absolute atomic E-state index is 0.151. The standard InChI is InChI=1S/C18H21F3N4OS/c19-18(20,21)17(26)25-7-5-11(6-8-25)9-22-15-14-12-3-1-2-4-13(12)27-16(14)24-10-23-15/h10-11H,1-9H2,(H,22,23,24). The lowest BCUT2D eigenvalue weighted by Crippen LogP contribution is -2.46. The van der Waals surface area contributed by atoms with E-state index in [2.05, 4.69) is 15.3 Å². The lowest BCUT2D eigenvalue weighted by molar-refractivity contribution is -0.186. The number of likely N-dealkylation sites (tertiary alicyclic amines) is 1. The Bertz CT molecular complexity index is 843. The number of carbonyl (C=O) groups excluding carboxylic acids is 1. The van der Waals surface area contributed by atoms with Gasteiger partial charge in [0.2, 0.25) is 0 Å². The van der Waals surface area contributed by atoms with Gasteiger partial charge < -0.3 is 10.2 Å². The van der Waals surface area contributed by atoms with Crippen LogP contribution >= 0.6 is 11.3 Å². The topological polar surface area (TPSA) is 58.1 Å². The fraction of sp³-hybridized carbons (Fsp3) is 0.611. The summed E-state index contributed by atoms with van der Waals surface area (Å²) in [5, 5.41) is 4.51. The van der Waals surface area contributed by atoms with Gasteiger partial charge in [-0.25, -0.2) is 9.97 Å². The summed E-state index contributed by atoms with van der Waals surface area (Å²) in [6, 6.07) is 0. The third-order valence-electron chi connectivity index (χ3n) is 5.45. The van der Waals surface area contributed by atoms with Crippen LogP contribution < -0.4 is 5.32 Å². The molecule has 1 amide bonds. The molecule has 5 nitrogen and oxygen atoms in total. The maximum atomic E-state index is 12.5. The number of aryl methyl sites for hydroxylation is 2. The molecular weight excluding hydrogens is 377 g/mol. The van der Waals surface area contributed by atoms with E-state index in [1.807, 2.05) is 0 Å². The van der Waals surface area contributed by atoms with Crippen molar-refractivity contribution in [1.82, 2.24) is 14.9 Å². The highest BCUT2D eigenvalue weighted by molar-refractivity contribution is 7.19. The van der Waals surface area contributed by atoms with Gasteiger partial charge in [0.05, 0.1) is 5.39 Å². The molecule has 2 aliphatic rings. The summed E-state index contributed by atoms with van der Waals surface area (Å²) in [6.07, 6.45) is 2.45. The molecule has 3 heterocycles. The van der Waals surface area contributed by atoms with E-state index in [0.29, 0.717) is 19.4 Å². The minimum atomic E-state index is -4.78. The molecule has 0 unspecified atom stereocenters. The number of hydrogen-bond donors (Lipinski definition) is 1. The molecule has 27 heavy (non-hydrogen) atoms. The molecule has 4 rings (SSSR count). The van der Waals surface area contributed by atoms with Crippen LogP contribution in [-0.4, -0.2) is 46.6 Å². The summed E-state index contributed by atoms with van der Waals surface area (Å²) in [7, 11) is 0. The van der Waals surface area contributed by atoms with Gasteiger partial charge in [-0.3, -0.25) is 4.79 Å². The molecule has 1 aliphatic heterocycles. The summed E-state index contributed by atoms with van der Waals surface area (Å²) in [6.45, 7) is 0.945. The first-order valence-corrected chi connectivity index (χ1v) is 10.1. The van der Waals surface area contributed by atoms with Gasteiger partial charge in [0.15, 0.2) is 0 Å². The largest absolute Gasteiger partial charge is 0.471 e. The summed E-state index contributed by atoms with van der Waals surface area (Å²) < 4.78 is 37.6. The number of hydrogen-bond acceptors (Lipinski definition) is 5. The monoisotopic (exact) mass is 398 g/mol. The molecule has 1 saturated heterocycles. The Kier molecular flexibility index (Phi) is 4.96. The molecule has 146 valence electrons. The molecule has 2 aromatic rings. The Morgan fingerprint density at radius 1 is 1.22 bits per heavy atom. The number of piperidine rings is 1. The average molecular weight is 398 g/mol. The van der Waals surface area contributed by atoms with Crippen molar-refractivity contribution in [3.63, 3.8) is 0 Å². The van der Waals surface area contributed by atoms with Crippen LogP contribution in [0.3, 0.4) is 0 Å². The number of halogens is 3. The lowest BCUT2D eigenvalue weighted by Gasteiger charge is -2.32. The van der Waals surface area contributed by atoms with E-state index in [-0.39, 0.29) is 19.0 Å². The zero-order valence-electron chi connectivity index (χ0n) is 14.8. The van der Waals surface area contributed by atoms with E-state index in [9.17, 15) is 18.0 Å². The molecule has 0 aromatic carbocycles. The number of amides is 1. The van der Waals surface area contributed by atoms with Crippen molar-refractivity contribution in [2.75, 3.05) is 25.0 Å². The van der Waals surface area contributed by atoms with Crippen LogP contribution in [0.4, 0.5) is 19.0 Å². The molecular formula is C18H21F3N4OS. The van der Waals surface area contributed by atoms with E-state index in [0.717, 1.165) is 33.8 Å². The van der Waals surface area contributed by atoms with E-state index in [1.165, 1.54) is 23.3 Å². The van der Waals surface area contributed by atoms with Crippen LogP contribution in [0.2, 0.25) is 0 Å². The van der Waals surface area contributed by atoms with Gasteiger partial charge in [-0.1, -0.05) is 0 Å². The van der Waals surface area contributed by atoms with Gasteiger partial charge in [0.1, 0.15) is 17.0 Å². The molecule has 0 saturated carbocycles. The molecule has 0 spiro atoms. The molecule has 0 atom stereocenters. The van der Waals surface area contributed by atoms with Crippen LogP contribution in [0.5, 0.6) is 0 Å². The number of nitrogens with zero attached hydrogens (tertiary/aromatic N) is 3. The van der Waals surface area contributed by atoms with Gasteiger partial charge in [0.25, 0.3) is 0 Å². The zero-order valence-corrected chi connectivity index (χ0v) is 15.6. The van der Waals surface area contributed by atoms with Gasteiger partial charge >= 0.3 is 12.1 Å². The fourth-order valence-corrected chi connectivity index (χ4v) is 5.21. The van der Waals surface area contributed by atoms with Gasteiger partial charge in [-0.15, -0.1) is 11.3 Å². The van der Waals surface area contributed by atoms with E-state index in [1.54, 1.807) is 17.7 Å². The highest BCUT2D eigenvalue weighted by atomic mass is 32.1. The van der Waals surface area contributed by atoms with Gasteiger partial charge in [0, 0.05) is 24.5 Å². The Morgan fingerprint density at radius 2 is 1.96 bits per heavy atom. The number of aromatic nitrogens is 2. The van der Waals surface area contributed by atoms with Crippen LogP contribution in [-0.2, 0) is 17.6 Å². The number of anilines is 1. The predicted octanol–water partition coefficient (Wildman–Crippen LogP) is 3.78. The second kappa shape index (κ2) is 7.26. The van der Waals surface area contributed by atoms with Crippen molar-refractivity contribution in [2.24, 2.45) is 5.92 Å². The first kappa shape index (κ1) is 18.5. The van der Waals surface area contributed by atoms with Crippen molar-refractivity contribution in [1.29, 1.82) is 0 Å². The van der Waals surface area contributed by atoms with Crippen molar-refractivity contribution in [2.45, 2.75) is 44.7 Å². The number of nitrogens with one attached hydrogen (secondary N) is 1. The normalized spacial score (nSPS) is 18.6. The second-order valence-electron chi connectivity index (χ2n) is 7.23. The number of fused-ring (bicyclic) bond motifs is 3. The number of carbonyl (C=O) groups is 1. The molecule has 1 N–H and O–H groups in total. The third-order valence-corrected chi connectivity index (χ3v) is 6.65. The van der Waals surface area contributed by atoms with E-state index in [4.69, 9.17) is 0 Å². The van der Waals surface area contributed by atoms with Crippen LogP contribution in [0, 0.1) is 5.92 Å².